The molecule has 0 saturated carbocycles. The maximum Gasteiger partial charge on any atom is 0.0746 e. The largest absolute Gasteiger partial charge is 0.310 e. The van der Waals surface area contributed by atoms with Gasteiger partial charge in [-0.15, -0.1) is 0 Å². The van der Waals surface area contributed by atoms with Gasteiger partial charge in [0.05, 0.1) is 11.1 Å². The standard InChI is InChI=1S/C55H41N/c1-53(2)45-23-11-6-20-40(45)43-32-34(29-31-46(43)53)56(35-28-30-41-36-16-5-10-22-44(36)54(3,4)50(41)33-35)51-27-15-21-42-39-19-9-14-26-49(39)55(52(42)51)47-24-12-7-17-37(47)38-18-8-13-25-48(38)55/h5-33H,1-4H3. The number of rotatable bonds is 3. The molecule has 1 nitrogen and oxygen atoms in total. The highest BCUT2D eigenvalue weighted by molar-refractivity contribution is 6.00. The van der Waals surface area contributed by atoms with Crippen molar-refractivity contribution in [3.05, 3.63) is 220 Å². The van der Waals surface area contributed by atoms with Crippen molar-refractivity contribution in [2.45, 2.75) is 43.9 Å². The van der Waals surface area contributed by atoms with Crippen molar-refractivity contribution in [2.75, 3.05) is 4.90 Å². The van der Waals surface area contributed by atoms with Gasteiger partial charge in [-0.05, 0) is 114 Å². The predicted octanol–water partition coefficient (Wildman–Crippen LogP) is 14.1. The predicted molar refractivity (Wildman–Crippen MR) is 233 cm³/mol. The van der Waals surface area contributed by atoms with Gasteiger partial charge in [0.25, 0.3) is 0 Å². The zero-order chi connectivity index (χ0) is 37.6. The van der Waals surface area contributed by atoms with E-state index in [9.17, 15) is 0 Å². The third-order valence-corrected chi connectivity index (χ3v) is 13.9. The van der Waals surface area contributed by atoms with E-state index in [1.807, 2.05) is 0 Å². The highest BCUT2D eigenvalue weighted by Crippen LogP contribution is 2.65. The number of anilines is 3. The first-order valence-electron chi connectivity index (χ1n) is 20.0. The van der Waals surface area contributed by atoms with Gasteiger partial charge in [-0.25, -0.2) is 0 Å². The summed E-state index contributed by atoms with van der Waals surface area (Å²) in [4.78, 5) is 2.59. The number of hydrogen-bond acceptors (Lipinski definition) is 1. The summed E-state index contributed by atoms with van der Waals surface area (Å²) in [5, 5.41) is 0. The Morgan fingerprint density at radius 1 is 0.304 bits per heavy atom. The zero-order valence-electron chi connectivity index (χ0n) is 32.2. The lowest BCUT2D eigenvalue weighted by molar-refractivity contribution is 0.660. The Hall–Kier alpha value is -6.44. The van der Waals surface area contributed by atoms with E-state index in [0.29, 0.717) is 0 Å². The quantitative estimate of drug-likeness (QED) is 0.176. The molecule has 4 aliphatic carbocycles. The van der Waals surface area contributed by atoms with Crippen molar-refractivity contribution in [1.82, 2.24) is 0 Å². The second kappa shape index (κ2) is 10.9. The minimum absolute atomic E-state index is 0.0738. The van der Waals surface area contributed by atoms with Crippen LogP contribution in [0.2, 0.25) is 0 Å². The van der Waals surface area contributed by atoms with E-state index in [1.165, 1.54) is 106 Å². The van der Waals surface area contributed by atoms with Crippen LogP contribution in [0.4, 0.5) is 17.1 Å². The molecule has 0 N–H and O–H groups in total. The van der Waals surface area contributed by atoms with E-state index < -0.39 is 5.41 Å². The zero-order valence-corrected chi connectivity index (χ0v) is 32.2. The Morgan fingerprint density at radius 3 is 1.29 bits per heavy atom. The van der Waals surface area contributed by atoms with Crippen molar-refractivity contribution < 1.29 is 0 Å². The average molecular weight is 716 g/mol. The molecule has 266 valence electrons. The van der Waals surface area contributed by atoms with E-state index in [0.717, 1.165) is 0 Å². The van der Waals surface area contributed by atoms with Gasteiger partial charge in [-0.3, -0.25) is 0 Å². The molecule has 0 atom stereocenters. The van der Waals surface area contributed by atoms with Crippen molar-refractivity contribution in [3.63, 3.8) is 0 Å². The molecule has 12 rings (SSSR count). The molecule has 0 heterocycles. The monoisotopic (exact) mass is 715 g/mol. The van der Waals surface area contributed by atoms with Crippen LogP contribution in [0.25, 0.3) is 44.5 Å². The van der Waals surface area contributed by atoms with Gasteiger partial charge in [-0.1, -0.05) is 173 Å². The number of nitrogens with zero attached hydrogens (tertiary/aromatic N) is 1. The van der Waals surface area contributed by atoms with E-state index in [2.05, 4.69) is 209 Å². The molecule has 4 aliphatic rings. The molecule has 0 amide bonds. The Labute approximate surface area is 329 Å². The Bertz CT molecular complexity index is 2930. The topological polar surface area (TPSA) is 3.24 Å². The molecule has 1 heteroatoms. The van der Waals surface area contributed by atoms with Crippen LogP contribution in [0.15, 0.2) is 176 Å². The summed E-state index contributed by atoms with van der Waals surface area (Å²) in [5.74, 6) is 0. The second-order valence-electron chi connectivity index (χ2n) is 17.2. The minimum atomic E-state index is -0.481. The molecule has 8 aromatic rings. The smallest absolute Gasteiger partial charge is 0.0746 e. The van der Waals surface area contributed by atoms with Crippen LogP contribution in [0, 0.1) is 0 Å². The third kappa shape index (κ3) is 3.81. The van der Waals surface area contributed by atoms with Crippen LogP contribution in [-0.4, -0.2) is 0 Å². The van der Waals surface area contributed by atoms with Crippen LogP contribution < -0.4 is 4.90 Å². The molecular weight excluding hydrogens is 675 g/mol. The molecule has 0 saturated heterocycles. The van der Waals surface area contributed by atoms with Crippen LogP contribution in [-0.2, 0) is 16.2 Å². The molecule has 56 heavy (non-hydrogen) atoms. The maximum atomic E-state index is 2.59. The van der Waals surface area contributed by atoms with Crippen LogP contribution in [0.3, 0.4) is 0 Å². The summed E-state index contributed by atoms with van der Waals surface area (Å²) < 4.78 is 0. The van der Waals surface area contributed by atoms with Crippen molar-refractivity contribution in [1.29, 1.82) is 0 Å². The summed E-state index contributed by atoms with van der Waals surface area (Å²) in [5.41, 5.74) is 24.4. The van der Waals surface area contributed by atoms with E-state index in [-0.39, 0.29) is 10.8 Å². The fourth-order valence-electron chi connectivity index (χ4n) is 11.4. The van der Waals surface area contributed by atoms with Gasteiger partial charge in [0.15, 0.2) is 0 Å². The van der Waals surface area contributed by atoms with E-state index in [1.54, 1.807) is 0 Å². The molecule has 0 fully saturated rings. The summed E-state index contributed by atoms with van der Waals surface area (Å²) in [6.45, 7) is 9.52. The van der Waals surface area contributed by atoms with Crippen molar-refractivity contribution in [3.8, 4) is 44.5 Å². The molecule has 0 unspecified atom stereocenters. The summed E-state index contributed by atoms with van der Waals surface area (Å²) in [6.07, 6.45) is 0. The molecule has 8 aromatic carbocycles. The molecule has 0 radical (unpaired) electrons. The van der Waals surface area contributed by atoms with Gasteiger partial charge in [-0.2, -0.15) is 0 Å². The van der Waals surface area contributed by atoms with Crippen LogP contribution in [0.1, 0.15) is 72.2 Å². The Kier molecular flexibility index (Phi) is 6.18. The normalized spacial score (nSPS) is 15.9. The summed E-state index contributed by atoms with van der Waals surface area (Å²) in [6, 6.07) is 66.9. The second-order valence-corrected chi connectivity index (χ2v) is 17.2. The van der Waals surface area contributed by atoms with Crippen molar-refractivity contribution >= 4 is 17.1 Å². The first kappa shape index (κ1) is 31.9. The lowest BCUT2D eigenvalue weighted by atomic mass is 9.70. The maximum absolute atomic E-state index is 2.59. The fourth-order valence-corrected chi connectivity index (χ4v) is 11.4. The molecule has 0 aliphatic heterocycles. The van der Waals surface area contributed by atoms with E-state index in [4.69, 9.17) is 0 Å². The number of hydrogen-bond donors (Lipinski definition) is 0. The molecule has 0 bridgehead atoms. The van der Waals surface area contributed by atoms with Crippen LogP contribution >= 0.6 is 0 Å². The van der Waals surface area contributed by atoms with Crippen molar-refractivity contribution in [2.24, 2.45) is 0 Å². The number of fused-ring (bicyclic) bond motifs is 16. The van der Waals surface area contributed by atoms with Gasteiger partial charge >= 0.3 is 0 Å². The number of benzene rings is 8. The SMILES string of the molecule is CC1(C)c2ccccc2-c2cc(N(c3ccc4c(c3)C(C)(C)c3ccccc3-4)c3cccc4c3C3(c5ccccc5-c5ccccc53)c3ccccc3-4)ccc21. The lowest BCUT2D eigenvalue weighted by Crippen LogP contribution is -2.28. The molecular formula is C55H41N. The summed E-state index contributed by atoms with van der Waals surface area (Å²) in [7, 11) is 0. The Balaban J connectivity index is 1.18. The fraction of sp³-hybridized carbons (Fsp3) is 0.127. The molecule has 0 aromatic heterocycles. The van der Waals surface area contributed by atoms with E-state index >= 15 is 0 Å². The van der Waals surface area contributed by atoms with Gasteiger partial charge in [0.1, 0.15) is 0 Å². The van der Waals surface area contributed by atoms with Gasteiger partial charge in [0, 0.05) is 27.8 Å². The first-order chi connectivity index (χ1) is 27.3. The third-order valence-electron chi connectivity index (χ3n) is 13.9. The highest BCUT2D eigenvalue weighted by atomic mass is 15.1. The summed E-state index contributed by atoms with van der Waals surface area (Å²) >= 11 is 0. The van der Waals surface area contributed by atoms with Crippen LogP contribution in [0.5, 0.6) is 0 Å². The average Bonchev–Trinajstić information content (AvgIpc) is 3.87. The first-order valence-corrected chi connectivity index (χ1v) is 20.0. The molecule has 1 spiro atoms. The van der Waals surface area contributed by atoms with Gasteiger partial charge in [0.2, 0.25) is 0 Å². The Morgan fingerprint density at radius 2 is 0.696 bits per heavy atom. The highest BCUT2D eigenvalue weighted by Gasteiger charge is 2.53. The minimum Gasteiger partial charge on any atom is -0.310 e. The lowest BCUT2D eigenvalue weighted by Gasteiger charge is -2.36. The van der Waals surface area contributed by atoms with Gasteiger partial charge < -0.3 is 4.90 Å².